The van der Waals surface area contributed by atoms with E-state index in [1.807, 2.05) is 0 Å². The monoisotopic (exact) mass is 423 g/mol. The molecule has 0 saturated carbocycles. The molecule has 3 aromatic rings. The van der Waals surface area contributed by atoms with E-state index >= 15 is 0 Å². The largest absolute Gasteiger partial charge is 0.492 e. The summed E-state index contributed by atoms with van der Waals surface area (Å²) in [5.41, 5.74) is 0.787. The molecule has 11 heteroatoms. The minimum Gasteiger partial charge on any atom is -0.492 e. The first-order valence-electron chi connectivity index (χ1n) is 9.35. The third-order valence-corrected chi connectivity index (χ3v) is 4.06. The highest BCUT2D eigenvalue weighted by Crippen LogP contribution is 2.22. The van der Waals surface area contributed by atoms with E-state index in [4.69, 9.17) is 34.8 Å². The Labute approximate surface area is 177 Å². The van der Waals surface area contributed by atoms with Gasteiger partial charge < -0.3 is 18.7 Å². The van der Waals surface area contributed by atoms with Crippen molar-refractivity contribution in [2.75, 3.05) is 13.7 Å². The number of rotatable bonds is 9. The summed E-state index contributed by atoms with van der Waals surface area (Å²) in [5.74, 6) is 1.36. The number of hydrogen-bond acceptors (Lipinski definition) is 10. The Balaban J connectivity index is 1.71. The van der Waals surface area contributed by atoms with Crippen LogP contribution in [0.1, 0.15) is 30.0 Å². The molecule has 0 radical (unpaired) electrons. The van der Waals surface area contributed by atoms with Crippen LogP contribution in [-0.2, 0) is 6.61 Å². The van der Waals surface area contributed by atoms with Crippen molar-refractivity contribution in [3.05, 3.63) is 53.1 Å². The lowest BCUT2D eigenvalue weighted by atomic mass is 10.3. The van der Waals surface area contributed by atoms with Crippen molar-refractivity contribution >= 4 is 5.84 Å². The minimum atomic E-state index is -0.134. The van der Waals surface area contributed by atoms with Crippen LogP contribution in [0.5, 0.6) is 17.4 Å². The zero-order valence-electron chi connectivity index (χ0n) is 17.1. The Morgan fingerprint density at radius 3 is 2.77 bits per heavy atom. The third-order valence-electron chi connectivity index (χ3n) is 4.06. The molecule has 3 rings (SSSR count). The molecule has 0 aromatic carbocycles. The molecule has 0 fully saturated rings. The summed E-state index contributed by atoms with van der Waals surface area (Å²) in [6.07, 6.45) is 2.67. The number of unbranched alkanes of at least 4 members (excludes halogenated alkanes) is 1. The van der Waals surface area contributed by atoms with Gasteiger partial charge in [0.2, 0.25) is 0 Å². The fourth-order valence-corrected chi connectivity index (χ4v) is 2.51. The highest BCUT2D eigenvalue weighted by Gasteiger charge is 2.16. The van der Waals surface area contributed by atoms with Crippen LogP contribution in [0.3, 0.4) is 0 Å². The fraction of sp³-hybridized carbons (Fsp3) is 0.300. The molecule has 0 aliphatic rings. The van der Waals surface area contributed by atoms with Gasteiger partial charge in [0.25, 0.3) is 5.88 Å². The molecule has 3 aromatic heterocycles. The molecule has 0 bridgehead atoms. The lowest BCUT2D eigenvalue weighted by Gasteiger charge is -2.12. The number of aromatic nitrogens is 4. The van der Waals surface area contributed by atoms with Crippen molar-refractivity contribution in [2.24, 2.45) is 0 Å². The van der Waals surface area contributed by atoms with Crippen molar-refractivity contribution in [1.82, 2.24) is 19.9 Å². The molecule has 0 unspecified atom stereocenters. The Hall–Kier alpha value is -4.20. The minimum absolute atomic E-state index is 0.0779. The van der Waals surface area contributed by atoms with Gasteiger partial charge in [0.05, 0.1) is 31.7 Å². The maximum atomic E-state index is 8.54. The molecular weight excluding hydrogens is 402 g/mol. The topological polar surface area (TPSA) is 156 Å². The van der Waals surface area contributed by atoms with E-state index in [-0.39, 0.29) is 35.3 Å². The van der Waals surface area contributed by atoms with Crippen LogP contribution in [-0.4, -0.2) is 39.5 Å². The number of pyridine rings is 1. The number of nitriles is 1. The maximum Gasteiger partial charge on any atom is 0.275 e. The molecule has 0 aliphatic carbocycles. The summed E-state index contributed by atoms with van der Waals surface area (Å²) >= 11 is 0. The highest BCUT2D eigenvalue weighted by atomic mass is 16.5. The number of aryl methyl sites for hydroxylation is 1. The van der Waals surface area contributed by atoms with Gasteiger partial charge in [0.1, 0.15) is 18.1 Å². The smallest absolute Gasteiger partial charge is 0.275 e. The van der Waals surface area contributed by atoms with Crippen LogP contribution < -0.4 is 19.7 Å². The molecule has 0 saturated heterocycles. The predicted molar refractivity (Wildman–Crippen MR) is 107 cm³/mol. The van der Waals surface area contributed by atoms with E-state index in [1.165, 1.54) is 13.2 Å². The van der Waals surface area contributed by atoms with Crippen LogP contribution in [0.2, 0.25) is 0 Å². The second-order valence-electron chi connectivity index (χ2n) is 6.37. The van der Waals surface area contributed by atoms with E-state index in [9.17, 15) is 0 Å². The SMILES string of the molecule is COc1cc(=N)n(C(=N)c2cc(C)on2)nc1OCc1ccc(OCCCC#N)cn1. The van der Waals surface area contributed by atoms with Crippen molar-refractivity contribution in [1.29, 1.82) is 16.1 Å². The summed E-state index contributed by atoms with van der Waals surface area (Å²) in [6, 6.07) is 8.55. The van der Waals surface area contributed by atoms with Crippen LogP contribution >= 0.6 is 0 Å². The normalized spacial score (nSPS) is 10.4. The number of ether oxygens (including phenoxy) is 3. The zero-order valence-corrected chi connectivity index (χ0v) is 17.1. The summed E-state index contributed by atoms with van der Waals surface area (Å²) in [4.78, 5) is 4.28. The number of nitrogens with one attached hydrogen (secondary N) is 2. The van der Waals surface area contributed by atoms with Gasteiger partial charge in [-0.25, -0.2) is 0 Å². The maximum absolute atomic E-state index is 8.54. The van der Waals surface area contributed by atoms with E-state index < -0.39 is 0 Å². The van der Waals surface area contributed by atoms with Gasteiger partial charge in [0.15, 0.2) is 22.8 Å². The first-order valence-corrected chi connectivity index (χ1v) is 9.35. The average molecular weight is 423 g/mol. The molecule has 0 atom stereocenters. The molecule has 0 aliphatic heterocycles. The lowest BCUT2D eigenvalue weighted by molar-refractivity contribution is 0.261. The summed E-state index contributed by atoms with van der Waals surface area (Å²) in [7, 11) is 1.44. The molecule has 0 amide bonds. The van der Waals surface area contributed by atoms with E-state index in [1.54, 1.807) is 31.3 Å². The number of hydrogen-bond donors (Lipinski definition) is 2. The molecule has 0 spiro atoms. The average Bonchev–Trinajstić information content (AvgIpc) is 3.22. The molecule has 3 heterocycles. The van der Waals surface area contributed by atoms with Crippen molar-refractivity contribution < 1.29 is 18.7 Å². The first-order chi connectivity index (χ1) is 15.0. The van der Waals surface area contributed by atoms with Gasteiger partial charge in [0, 0.05) is 18.6 Å². The Bertz CT molecular complexity index is 1150. The summed E-state index contributed by atoms with van der Waals surface area (Å²) in [6.45, 7) is 2.25. The van der Waals surface area contributed by atoms with Gasteiger partial charge >= 0.3 is 0 Å². The highest BCUT2D eigenvalue weighted by molar-refractivity contribution is 5.95. The van der Waals surface area contributed by atoms with Gasteiger partial charge in [-0.05, 0) is 25.5 Å². The predicted octanol–water partition coefficient (Wildman–Crippen LogP) is 2.20. The fourth-order valence-electron chi connectivity index (χ4n) is 2.51. The lowest BCUT2D eigenvalue weighted by Crippen LogP contribution is -2.30. The van der Waals surface area contributed by atoms with Crippen molar-refractivity contribution in [3.63, 3.8) is 0 Å². The Morgan fingerprint density at radius 1 is 1.29 bits per heavy atom. The summed E-state index contributed by atoms with van der Waals surface area (Å²) in [5, 5.41) is 32.9. The van der Waals surface area contributed by atoms with Crippen molar-refractivity contribution in [2.45, 2.75) is 26.4 Å². The molecule has 11 nitrogen and oxygen atoms in total. The zero-order chi connectivity index (χ0) is 22.2. The van der Waals surface area contributed by atoms with E-state index in [2.05, 4.69) is 21.3 Å². The van der Waals surface area contributed by atoms with Crippen LogP contribution in [0.4, 0.5) is 0 Å². The quantitative estimate of drug-likeness (QED) is 0.301. The number of methoxy groups -OCH3 is 1. The van der Waals surface area contributed by atoms with Crippen LogP contribution in [0.25, 0.3) is 0 Å². The van der Waals surface area contributed by atoms with Crippen LogP contribution in [0, 0.1) is 29.1 Å². The Kier molecular flexibility index (Phi) is 6.95. The van der Waals surface area contributed by atoms with Crippen molar-refractivity contribution in [3.8, 4) is 23.4 Å². The third kappa shape index (κ3) is 5.45. The first kappa shape index (κ1) is 21.5. The van der Waals surface area contributed by atoms with Gasteiger partial charge in [-0.1, -0.05) is 5.16 Å². The second kappa shape index (κ2) is 10.0. The molecular formula is C20H21N7O4. The van der Waals surface area contributed by atoms with E-state index in [0.29, 0.717) is 36.7 Å². The van der Waals surface area contributed by atoms with E-state index in [0.717, 1.165) is 4.68 Å². The Morgan fingerprint density at radius 2 is 2.13 bits per heavy atom. The standard InChI is InChI=1S/C20H21N7O4/c1-13-9-16(26-31-13)19(23)27-18(22)10-17(28-2)20(25-27)30-12-14-5-6-15(11-24-14)29-8-4-3-7-21/h5-6,9-11,22-23H,3-4,8,12H2,1-2H3. The van der Waals surface area contributed by atoms with Gasteiger partial charge in [-0.2, -0.15) is 9.94 Å². The number of nitrogens with zero attached hydrogens (tertiary/aromatic N) is 5. The van der Waals surface area contributed by atoms with Crippen LogP contribution in [0.15, 0.2) is 35.0 Å². The molecule has 2 N–H and O–H groups in total. The second-order valence-corrected chi connectivity index (χ2v) is 6.37. The molecule has 31 heavy (non-hydrogen) atoms. The van der Waals surface area contributed by atoms with Gasteiger partial charge in [-0.3, -0.25) is 15.8 Å². The van der Waals surface area contributed by atoms with Gasteiger partial charge in [-0.15, -0.1) is 5.10 Å². The summed E-state index contributed by atoms with van der Waals surface area (Å²) < 4.78 is 22.6. The molecule has 160 valence electrons.